The topological polar surface area (TPSA) is 70.2 Å². The predicted octanol–water partition coefficient (Wildman–Crippen LogP) is 6.77. The van der Waals surface area contributed by atoms with Crippen LogP contribution < -0.4 is 16.0 Å². The number of nitrogens with one attached hydrogen (secondary N) is 3. The van der Waals surface area contributed by atoms with Crippen molar-refractivity contribution >= 4 is 23.2 Å². The first-order chi connectivity index (χ1) is 18.1. The Morgan fingerprint density at radius 3 is 2.54 bits per heavy atom. The van der Waals surface area contributed by atoms with Crippen LogP contribution in [-0.2, 0) is 0 Å². The molecule has 2 aliphatic carbocycles. The van der Waals surface area contributed by atoms with Crippen molar-refractivity contribution < 1.29 is 9.59 Å². The van der Waals surface area contributed by atoms with Crippen molar-refractivity contribution in [3.8, 4) is 0 Å². The lowest BCUT2D eigenvalue weighted by atomic mass is 9.68. The van der Waals surface area contributed by atoms with Gasteiger partial charge in [-0.1, -0.05) is 55.8 Å². The Hall–Kier alpha value is -3.60. The van der Waals surface area contributed by atoms with E-state index in [2.05, 4.69) is 65.3 Å². The van der Waals surface area contributed by atoms with Gasteiger partial charge in [-0.2, -0.15) is 0 Å². The number of fused-ring (bicyclic) bond motifs is 7. The van der Waals surface area contributed by atoms with Gasteiger partial charge in [0.15, 0.2) is 0 Å². The molecule has 0 spiro atoms. The quantitative estimate of drug-likeness (QED) is 0.318. The average molecular weight is 494 g/mol. The molecule has 0 saturated heterocycles. The Bertz CT molecular complexity index is 1300. The monoisotopic (exact) mass is 493 g/mol. The molecule has 2 saturated carbocycles. The van der Waals surface area contributed by atoms with Crippen LogP contribution in [0.4, 0.5) is 11.4 Å². The summed E-state index contributed by atoms with van der Waals surface area (Å²) in [5.41, 5.74) is 5.45. The molecule has 37 heavy (non-hydrogen) atoms. The van der Waals surface area contributed by atoms with Crippen molar-refractivity contribution in [2.24, 2.45) is 17.8 Å². The molecule has 3 N–H and O–H groups in total. The third kappa shape index (κ3) is 4.41. The molecule has 3 aromatic rings. The number of carbonyl (C=O) groups excluding carboxylic acids is 2. The number of para-hydroxylation sites is 1. The summed E-state index contributed by atoms with van der Waals surface area (Å²) in [6.07, 6.45) is 5.82. The van der Waals surface area contributed by atoms with Gasteiger partial charge in [0.1, 0.15) is 0 Å². The lowest BCUT2D eigenvalue weighted by Crippen LogP contribution is -2.35. The second kappa shape index (κ2) is 10.0. The minimum Gasteiger partial charge on any atom is -0.378 e. The molecule has 0 unspecified atom stereocenters. The van der Waals surface area contributed by atoms with Gasteiger partial charge in [-0.25, -0.2) is 0 Å². The van der Waals surface area contributed by atoms with Gasteiger partial charge in [0.25, 0.3) is 11.8 Å². The third-order valence-electron chi connectivity index (χ3n) is 8.74. The largest absolute Gasteiger partial charge is 0.378 e. The molecule has 5 nitrogen and oxygen atoms in total. The lowest BCUT2D eigenvalue weighted by Gasteiger charge is -2.43. The average Bonchev–Trinajstić information content (AvgIpc) is 3.56. The molecule has 1 aliphatic heterocycles. The molecule has 3 aromatic carbocycles. The zero-order chi connectivity index (χ0) is 25.4. The number of carbonyl (C=O) groups is 2. The van der Waals surface area contributed by atoms with Crippen molar-refractivity contribution in [3.05, 3.63) is 95.1 Å². The Kier molecular flexibility index (Phi) is 6.45. The van der Waals surface area contributed by atoms with Gasteiger partial charge < -0.3 is 16.0 Å². The van der Waals surface area contributed by atoms with Crippen LogP contribution >= 0.6 is 0 Å². The van der Waals surface area contributed by atoms with E-state index in [0.717, 1.165) is 24.4 Å². The zero-order valence-electron chi connectivity index (χ0n) is 21.4. The fourth-order valence-electron chi connectivity index (χ4n) is 7.08. The number of hydrogen-bond acceptors (Lipinski definition) is 3. The lowest BCUT2D eigenvalue weighted by molar-refractivity contribution is 0.0954. The minimum absolute atomic E-state index is 0.157. The van der Waals surface area contributed by atoms with Crippen LogP contribution in [-0.4, -0.2) is 18.4 Å². The highest BCUT2D eigenvalue weighted by molar-refractivity contribution is 6.09. The fourth-order valence-corrected chi connectivity index (χ4v) is 7.08. The van der Waals surface area contributed by atoms with Crippen molar-refractivity contribution in [2.75, 3.05) is 17.2 Å². The van der Waals surface area contributed by atoms with Crippen LogP contribution in [0.2, 0.25) is 0 Å². The van der Waals surface area contributed by atoms with Crippen molar-refractivity contribution in [2.45, 2.75) is 51.0 Å². The molecule has 6 rings (SSSR count). The molecule has 2 fully saturated rings. The van der Waals surface area contributed by atoms with Crippen molar-refractivity contribution in [1.29, 1.82) is 0 Å². The summed E-state index contributed by atoms with van der Waals surface area (Å²) >= 11 is 0. The summed E-state index contributed by atoms with van der Waals surface area (Å²) in [6, 6.07) is 24.4. The highest BCUT2D eigenvalue weighted by Crippen LogP contribution is 2.63. The van der Waals surface area contributed by atoms with Gasteiger partial charge in [0.2, 0.25) is 0 Å². The Labute approximate surface area is 219 Å². The first-order valence-corrected chi connectivity index (χ1v) is 13.8. The Morgan fingerprint density at radius 1 is 0.919 bits per heavy atom. The molecular formula is C32H35N3O2. The second-order valence-electron chi connectivity index (χ2n) is 10.9. The summed E-state index contributed by atoms with van der Waals surface area (Å²) < 4.78 is 0. The Balaban J connectivity index is 1.27. The highest BCUT2D eigenvalue weighted by atomic mass is 16.2. The number of unbranched alkanes of at least 4 members (excludes halogenated alkanes) is 1. The Morgan fingerprint density at radius 2 is 1.70 bits per heavy atom. The molecule has 0 radical (unpaired) electrons. The van der Waals surface area contributed by atoms with E-state index in [1.54, 1.807) is 12.1 Å². The van der Waals surface area contributed by atoms with Crippen LogP contribution in [0.25, 0.3) is 0 Å². The van der Waals surface area contributed by atoms with Crippen molar-refractivity contribution in [3.63, 3.8) is 0 Å². The molecule has 2 amide bonds. The highest BCUT2D eigenvalue weighted by Gasteiger charge is 2.53. The number of rotatable bonds is 7. The number of amides is 2. The van der Waals surface area contributed by atoms with E-state index in [0.29, 0.717) is 47.2 Å². The van der Waals surface area contributed by atoms with Crippen LogP contribution in [0.3, 0.4) is 0 Å². The van der Waals surface area contributed by atoms with Crippen LogP contribution in [0.5, 0.6) is 0 Å². The smallest absolute Gasteiger partial charge is 0.255 e. The second-order valence-corrected chi connectivity index (χ2v) is 10.9. The molecule has 190 valence electrons. The van der Waals surface area contributed by atoms with Gasteiger partial charge in [0, 0.05) is 17.8 Å². The normalized spacial score (nSPS) is 25.1. The summed E-state index contributed by atoms with van der Waals surface area (Å²) in [7, 11) is 0. The molecule has 0 aromatic heterocycles. The van der Waals surface area contributed by atoms with Crippen molar-refractivity contribution in [1.82, 2.24) is 5.32 Å². The van der Waals surface area contributed by atoms with E-state index >= 15 is 0 Å². The molecule has 5 heteroatoms. The maximum Gasteiger partial charge on any atom is 0.255 e. The van der Waals surface area contributed by atoms with E-state index in [1.165, 1.54) is 30.4 Å². The predicted molar refractivity (Wildman–Crippen MR) is 148 cm³/mol. The SMILES string of the molecule is CCCCNC(=O)c1ccccc1NC(=O)c1ccc2c(c1)[C@@H]1[C@H]3CC[C@@H](C3)[C@@H]1[C@H](c1ccccc1)N2. The molecule has 2 bridgehead atoms. The van der Waals surface area contributed by atoms with Crippen LogP contribution in [0.1, 0.15) is 82.8 Å². The molecule has 5 atom stereocenters. The maximum atomic E-state index is 13.4. The fraction of sp³-hybridized carbons (Fsp3) is 0.375. The van der Waals surface area contributed by atoms with E-state index in [9.17, 15) is 9.59 Å². The number of anilines is 2. The summed E-state index contributed by atoms with van der Waals surface area (Å²) in [5.74, 6) is 2.12. The standard InChI is InChI=1S/C32H35N3O2/c1-2-3-17-33-32(37)24-11-7-8-12-26(24)35-31(36)23-15-16-27-25(19-23)28-21-13-14-22(18-21)29(28)30(34-27)20-9-5-4-6-10-20/h4-12,15-16,19,21-22,28-30,34H,2-3,13-14,17-18H2,1H3,(H,33,37)(H,35,36)/t21-,22-,28-,29-,30-/m0/s1. The van der Waals surface area contributed by atoms with E-state index < -0.39 is 0 Å². The zero-order valence-corrected chi connectivity index (χ0v) is 21.4. The van der Waals surface area contributed by atoms with Gasteiger partial charge in [0.05, 0.1) is 17.3 Å². The first kappa shape index (κ1) is 23.8. The van der Waals surface area contributed by atoms with Gasteiger partial charge in [-0.05, 0) is 90.8 Å². The summed E-state index contributed by atoms with van der Waals surface area (Å²) in [6.45, 7) is 2.72. The van der Waals surface area contributed by atoms with Gasteiger partial charge in [-0.15, -0.1) is 0 Å². The van der Waals surface area contributed by atoms with Crippen LogP contribution in [0, 0.1) is 17.8 Å². The first-order valence-electron chi connectivity index (χ1n) is 13.8. The van der Waals surface area contributed by atoms with Gasteiger partial charge in [-0.3, -0.25) is 9.59 Å². The molecule has 3 aliphatic rings. The summed E-state index contributed by atoms with van der Waals surface area (Å²) in [5, 5.41) is 9.82. The van der Waals surface area contributed by atoms with E-state index in [-0.39, 0.29) is 11.8 Å². The number of hydrogen-bond donors (Lipinski definition) is 3. The van der Waals surface area contributed by atoms with Crippen LogP contribution in [0.15, 0.2) is 72.8 Å². The maximum absolute atomic E-state index is 13.4. The summed E-state index contributed by atoms with van der Waals surface area (Å²) in [4.78, 5) is 26.1. The van der Waals surface area contributed by atoms with E-state index in [1.807, 2.05) is 18.2 Å². The minimum atomic E-state index is -0.179. The van der Waals surface area contributed by atoms with Gasteiger partial charge >= 0.3 is 0 Å². The number of benzene rings is 3. The molecule has 1 heterocycles. The molecular weight excluding hydrogens is 458 g/mol. The third-order valence-corrected chi connectivity index (χ3v) is 8.74. The van der Waals surface area contributed by atoms with E-state index in [4.69, 9.17) is 0 Å².